The van der Waals surface area contributed by atoms with Gasteiger partial charge >= 0.3 is 0 Å². The molecule has 1 aliphatic rings. The summed E-state index contributed by atoms with van der Waals surface area (Å²) in [4.78, 5) is 15.2. The first kappa shape index (κ1) is 21.4. The smallest absolute Gasteiger partial charge is 0.261 e. The van der Waals surface area contributed by atoms with Gasteiger partial charge < -0.3 is 10.1 Å². The summed E-state index contributed by atoms with van der Waals surface area (Å²) in [6.07, 6.45) is 4.11. The zero-order valence-corrected chi connectivity index (χ0v) is 18.0. The van der Waals surface area contributed by atoms with Gasteiger partial charge in [-0.2, -0.15) is 0 Å². The Bertz CT molecular complexity index is 792. The number of ether oxygens (including phenoxy) is 1. The van der Waals surface area contributed by atoms with Crippen molar-refractivity contribution in [3.63, 3.8) is 0 Å². The van der Waals surface area contributed by atoms with Crippen molar-refractivity contribution >= 4 is 5.91 Å². The van der Waals surface area contributed by atoms with Crippen LogP contribution in [-0.4, -0.2) is 30.0 Å². The molecule has 3 rings (SSSR count). The maximum atomic E-state index is 12.7. The molecule has 1 unspecified atom stereocenters. The number of carbonyl (C=O) groups is 1. The average molecular weight is 395 g/mol. The van der Waals surface area contributed by atoms with Crippen LogP contribution in [0.1, 0.15) is 54.9 Å². The van der Waals surface area contributed by atoms with Crippen LogP contribution in [0.2, 0.25) is 0 Å². The molecule has 4 heteroatoms. The van der Waals surface area contributed by atoms with E-state index in [1.54, 1.807) is 0 Å². The van der Waals surface area contributed by atoms with E-state index in [1.807, 2.05) is 32.9 Å². The van der Waals surface area contributed by atoms with Crippen molar-refractivity contribution in [2.24, 2.45) is 0 Å². The molecule has 1 saturated heterocycles. The molecule has 1 fully saturated rings. The molecule has 1 amide bonds. The van der Waals surface area contributed by atoms with E-state index in [4.69, 9.17) is 4.74 Å². The molecule has 0 aliphatic carbocycles. The molecule has 29 heavy (non-hydrogen) atoms. The van der Waals surface area contributed by atoms with Crippen molar-refractivity contribution in [2.45, 2.75) is 65.6 Å². The van der Waals surface area contributed by atoms with Crippen LogP contribution in [0.15, 0.2) is 42.5 Å². The number of nitrogens with one attached hydrogen (secondary N) is 1. The molecule has 0 radical (unpaired) electrons. The molecular weight excluding hydrogens is 360 g/mol. The number of hydrogen-bond acceptors (Lipinski definition) is 3. The quantitative estimate of drug-likeness (QED) is 0.702. The van der Waals surface area contributed by atoms with Gasteiger partial charge in [0.1, 0.15) is 5.75 Å². The fourth-order valence-electron chi connectivity index (χ4n) is 4.00. The fraction of sp³-hybridized carbons (Fsp3) is 0.480. The van der Waals surface area contributed by atoms with Crippen LogP contribution in [0.5, 0.6) is 5.75 Å². The van der Waals surface area contributed by atoms with E-state index in [1.165, 1.54) is 37.9 Å². The first-order valence-electron chi connectivity index (χ1n) is 10.9. The Morgan fingerprint density at radius 1 is 1.03 bits per heavy atom. The maximum Gasteiger partial charge on any atom is 0.261 e. The Balaban J connectivity index is 1.55. The molecule has 4 nitrogen and oxygen atoms in total. The van der Waals surface area contributed by atoms with Gasteiger partial charge in [0.05, 0.1) is 0 Å². The number of hydrogen-bond donors (Lipinski definition) is 1. The lowest BCUT2D eigenvalue weighted by atomic mass is 10.1. The van der Waals surface area contributed by atoms with Crippen LogP contribution in [0, 0.1) is 13.8 Å². The summed E-state index contributed by atoms with van der Waals surface area (Å²) in [5, 5.41) is 3.05. The minimum atomic E-state index is -0.479. The van der Waals surface area contributed by atoms with Crippen molar-refractivity contribution in [3.05, 3.63) is 64.7 Å². The molecule has 1 N–H and O–H groups in total. The van der Waals surface area contributed by atoms with Crippen molar-refractivity contribution < 1.29 is 9.53 Å². The minimum Gasteiger partial charge on any atom is -0.481 e. The second kappa shape index (κ2) is 10.4. The second-order valence-corrected chi connectivity index (χ2v) is 8.21. The number of carbonyl (C=O) groups excluding carboxylic acids is 1. The van der Waals surface area contributed by atoms with Crippen LogP contribution in [0.25, 0.3) is 0 Å². The summed E-state index contributed by atoms with van der Waals surface area (Å²) in [6, 6.07) is 14.6. The summed E-state index contributed by atoms with van der Waals surface area (Å²) in [5.41, 5.74) is 4.73. The molecule has 1 aliphatic heterocycles. The van der Waals surface area contributed by atoms with Gasteiger partial charge in [-0.15, -0.1) is 0 Å². The molecule has 0 aromatic heterocycles. The Kier molecular flexibility index (Phi) is 7.70. The van der Waals surface area contributed by atoms with Crippen molar-refractivity contribution in [1.82, 2.24) is 10.2 Å². The number of piperidine rings is 1. The second-order valence-electron chi connectivity index (χ2n) is 8.21. The van der Waals surface area contributed by atoms with E-state index in [2.05, 4.69) is 40.5 Å². The highest BCUT2D eigenvalue weighted by Gasteiger charge is 2.18. The monoisotopic (exact) mass is 394 g/mol. The molecular formula is C25H34N2O2. The van der Waals surface area contributed by atoms with Gasteiger partial charge in [-0.3, -0.25) is 9.69 Å². The van der Waals surface area contributed by atoms with Crippen LogP contribution in [0.3, 0.4) is 0 Å². The highest BCUT2D eigenvalue weighted by atomic mass is 16.5. The molecule has 2 aromatic rings. The number of benzene rings is 2. The molecule has 0 bridgehead atoms. The van der Waals surface area contributed by atoms with Gasteiger partial charge in [0, 0.05) is 13.1 Å². The Morgan fingerprint density at radius 3 is 2.41 bits per heavy atom. The molecule has 0 spiro atoms. The third-order valence-electron chi connectivity index (χ3n) is 5.45. The van der Waals surface area contributed by atoms with Crippen LogP contribution in [0.4, 0.5) is 0 Å². The summed E-state index contributed by atoms with van der Waals surface area (Å²) >= 11 is 0. The summed E-state index contributed by atoms with van der Waals surface area (Å²) < 4.78 is 5.98. The zero-order chi connectivity index (χ0) is 20.6. The summed E-state index contributed by atoms with van der Waals surface area (Å²) in [6.45, 7) is 9.96. The average Bonchev–Trinajstić information content (AvgIpc) is 2.70. The summed E-state index contributed by atoms with van der Waals surface area (Å²) in [7, 11) is 0. The van der Waals surface area contributed by atoms with Gasteiger partial charge in [-0.1, -0.05) is 43.7 Å². The van der Waals surface area contributed by atoms with Crippen LogP contribution in [-0.2, 0) is 17.9 Å². The highest BCUT2D eigenvalue weighted by molar-refractivity contribution is 5.81. The van der Waals surface area contributed by atoms with Crippen LogP contribution < -0.4 is 10.1 Å². The lowest BCUT2D eigenvalue weighted by Crippen LogP contribution is -2.37. The number of aryl methyl sites for hydroxylation is 2. The highest BCUT2D eigenvalue weighted by Crippen LogP contribution is 2.19. The van der Waals surface area contributed by atoms with Crippen LogP contribution >= 0.6 is 0 Å². The van der Waals surface area contributed by atoms with E-state index in [0.717, 1.165) is 29.0 Å². The third kappa shape index (κ3) is 6.60. The third-order valence-corrected chi connectivity index (χ3v) is 5.45. The van der Waals surface area contributed by atoms with Gasteiger partial charge in [-0.25, -0.2) is 0 Å². The predicted molar refractivity (Wildman–Crippen MR) is 118 cm³/mol. The number of likely N-dealkylation sites (tertiary alicyclic amines) is 1. The molecule has 0 saturated carbocycles. The van der Waals surface area contributed by atoms with Crippen molar-refractivity contribution in [1.29, 1.82) is 0 Å². The lowest BCUT2D eigenvalue weighted by Gasteiger charge is -2.26. The number of rotatable bonds is 8. The van der Waals surface area contributed by atoms with Gasteiger partial charge in [-0.05, 0) is 80.6 Å². The normalized spacial score (nSPS) is 15.7. The SMILES string of the molecule is CCC(Oc1cc(C)cc(C)c1)C(=O)NCc1cccc(CN2CCCCC2)c1. The first-order valence-corrected chi connectivity index (χ1v) is 10.9. The maximum absolute atomic E-state index is 12.7. The van der Waals surface area contributed by atoms with Gasteiger partial charge in [0.15, 0.2) is 6.10 Å². The van der Waals surface area contributed by atoms with Crippen molar-refractivity contribution in [2.75, 3.05) is 13.1 Å². The standard InChI is InChI=1S/C25H34N2O2/c1-4-24(29-23-14-19(2)13-20(3)15-23)25(28)26-17-21-9-8-10-22(16-21)18-27-11-6-5-7-12-27/h8-10,13-16,24H,4-7,11-12,17-18H2,1-3H3,(H,26,28). The lowest BCUT2D eigenvalue weighted by molar-refractivity contribution is -0.128. The van der Waals surface area contributed by atoms with Gasteiger partial charge in [0.25, 0.3) is 5.91 Å². The molecule has 156 valence electrons. The Morgan fingerprint density at radius 2 is 1.72 bits per heavy atom. The molecule has 1 atom stereocenters. The Labute approximate surface area is 175 Å². The molecule has 1 heterocycles. The van der Waals surface area contributed by atoms with E-state index in [-0.39, 0.29) is 5.91 Å². The topological polar surface area (TPSA) is 41.6 Å². The largest absolute Gasteiger partial charge is 0.481 e. The minimum absolute atomic E-state index is 0.0620. The van der Waals surface area contributed by atoms with Crippen molar-refractivity contribution in [3.8, 4) is 5.75 Å². The first-order chi connectivity index (χ1) is 14.0. The van der Waals surface area contributed by atoms with Gasteiger partial charge in [0.2, 0.25) is 0 Å². The van der Waals surface area contributed by atoms with E-state index in [0.29, 0.717) is 13.0 Å². The van der Waals surface area contributed by atoms with E-state index < -0.39 is 6.10 Å². The molecule has 2 aromatic carbocycles. The fourth-order valence-corrected chi connectivity index (χ4v) is 4.00. The zero-order valence-electron chi connectivity index (χ0n) is 18.0. The summed E-state index contributed by atoms with van der Waals surface area (Å²) in [5.74, 6) is 0.695. The van der Waals surface area contributed by atoms with E-state index in [9.17, 15) is 4.79 Å². The Hall–Kier alpha value is -2.33. The van der Waals surface area contributed by atoms with E-state index >= 15 is 0 Å². The predicted octanol–water partition coefficient (Wildman–Crippen LogP) is 4.76. The number of amides is 1. The number of nitrogens with zero attached hydrogens (tertiary/aromatic N) is 1.